The summed E-state index contributed by atoms with van der Waals surface area (Å²) in [4.78, 5) is 13.8. The molecular formula is C23H31N5. The molecule has 0 bridgehead atoms. The number of hydrogen-bond acceptors (Lipinski definition) is 5. The Balaban J connectivity index is 1.25. The van der Waals surface area contributed by atoms with E-state index in [1.54, 1.807) is 11.9 Å². The van der Waals surface area contributed by atoms with E-state index < -0.39 is 0 Å². The maximum absolute atomic E-state index is 4.51. The Hall–Kier alpha value is -2.40. The molecular weight excluding hydrogens is 346 g/mol. The molecule has 2 heterocycles. The van der Waals surface area contributed by atoms with Gasteiger partial charge in [-0.25, -0.2) is 9.97 Å². The largest absolute Gasteiger partial charge is 0.370 e. The number of rotatable bonds is 7. The summed E-state index contributed by atoms with van der Waals surface area (Å²) in [5.74, 6) is 1.97. The van der Waals surface area contributed by atoms with E-state index in [1.807, 2.05) is 0 Å². The van der Waals surface area contributed by atoms with Crippen molar-refractivity contribution in [1.29, 1.82) is 0 Å². The zero-order chi connectivity index (χ0) is 19.0. The van der Waals surface area contributed by atoms with Crippen molar-refractivity contribution in [3.63, 3.8) is 0 Å². The van der Waals surface area contributed by atoms with Gasteiger partial charge in [-0.1, -0.05) is 42.0 Å². The molecule has 4 rings (SSSR count). The van der Waals surface area contributed by atoms with Gasteiger partial charge in [0.15, 0.2) is 0 Å². The topological polar surface area (TPSA) is 44.3 Å². The summed E-state index contributed by atoms with van der Waals surface area (Å²) in [7, 11) is 0. The molecule has 0 radical (unpaired) electrons. The van der Waals surface area contributed by atoms with E-state index in [9.17, 15) is 0 Å². The minimum absolute atomic E-state index is 0.938. The molecule has 0 saturated carbocycles. The van der Waals surface area contributed by atoms with Crippen LogP contribution in [-0.2, 0) is 6.54 Å². The molecule has 1 fully saturated rings. The molecule has 0 amide bonds. The predicted molar refractivity (Wildman–Crippen MR) is 116 cm³/mol. The van der Waals surface area contributed by atoms with E-state index >= 15 is 0 Å². The number of aromatic nitrogens is 2. The molecule has 2 aliphatic rings. The third-order valence-electron chi connectivity index (χ3n) is 5.74. The van der Waals surface area contributed by atoms with Crippen molar-refractivity contribution in [3.8, 4) is 0 Å². The lowest BCUT2D eigenvalue weighted by Crippen LogP contribution is -2.46. The highest BCUT2D eigenvalue weighted by Crippen LogP contribution is 2.21. The standard InChI is InChI=1S/C23H31N5/c1-3-7-20(8-4-1)11-12-24-22-17-23(26-19-25-22)28-15-13-27(14-16-28)18-21-9-5-2-6-10-21/h2,5-7,9-10,17,19H,1,3-4,8,11-16,18H2,(H,24,25,26). The van der Waals surface area contributed by atoms with Gasteiger partial charge in [0.25, 0.3) is 0 Å². The Labute approximate surface area is 168 Å². The van der Waals surface area contributed by atoms with E-state index in [-0.39, 0.29) is 0 Å². The van der Waals surface area contributed by atoms with Crippen LogP contribution in [0, 0.1) is 0 Å². The second-order valence-electron chi connectivity index (χ2n) is 7.80. The average molecular weight is 378 g/mol. The van der Waals surface area contributed by atoms with Crippen LogP contribution in [0.1, 0.15) is 37.7 Å². The molecule has 5 heteroatoms. The molecule has 148 valence electrons. The summed E-state index contributed by atoms with van der Waals surface area (Å²) >= 11 is 0. The highest BCUT2D eigenvalue weighted by atomic mass is 15.3. The molecule has 0 unspecified atom stereocenters. The predicted octanol–water partition coefficient (Wildman–Crippen LogP) is 4.10. The minimum Gasteiger partial charge on any atom is -0.370 e. The van der Waals surface area contributed by atoms with Gasteiger partial charge in [0, 0.05) is 45.3 Å². The van der Waals surface area contributed by atoms with Gasteiger partial charge >= 0.3 is 0 Å². The van der Waals surface area contributed by atoms with E-state index in [4.69, 9.17) is 0 Å². The smallest absolute Gasteiger partial charge is 0.134 e. The first-order chi connectivity index (χ1) is 13.9. The summed E-state index contributed by atoms with van der Waals surface area (Å²) in [6.45, 7) is 6.13. The molecule has 1 aromatic carbocycles. The highest BCUT2D eigenvalue weighted by molar-refractivity contribution is 5.48. The Bertz CT molecular complexity index is 766. The number of piperazine rings is 1. The molecule has 1 aliphatic heterocycles. The van der Waals surface area contributed by atoms with Crippen LogP contribution in [0.3, 0.4) is 0 Å². The number of nitrogens with one attached hydrogen (secondary N) is 1. The van der Waals surface area contributed by atoms with Crippen molar-refractivity contribution in [2.75, 3.05) is 42.9 Å². The first kappa shape index (κ1) is 18.9. The molecule has 28 heavy (non-hydrogen) atoms. The molecule has 2 aromatic rings. The fraction of sp³-hybridized carbons (Fsp3) is 0.478. The van der Waals surface area contributed by atoms with Crippen LogP contribution < -0.4 is 10.2 Å². The van der Waals surface area contributed by atoms with Gasteiger partial charge in [0.1, 0.15) is 18.0 Å². The normalized spacial score (nSPS) is 18.0. The second-order valence-corrected chi connectivity index (χ2v) is 7.80. The fourth-order valence-electron chi connectivity index (χ4n) is 4.08. The van der Waals surface area contributed by atoms with Crippen molar-refractivity contribution in [2.45, 2.75) is 38.6 Å². The fourth-order valence-corrected chi connectivity index (χ4v) is 4.08. The highest BCUT2D eigenvalue weighted by Gasteiger charge is 2.18. The van der Waals surface area contributed by atoms with Gasteiger partial charge in [-0.05, 0) is 37.7 Å². The molecule has 1 aliphatic carbocycles. The Morgan fingerprint density at radius 1 is 0.964 bits per heavy atom. The van der Waals surface area contributed by atoms with E-state index in [1.165, 1.54) is 31.2 Å². The summed E-state index contributed by atoms with van der Waals surface area (Å²) in [6, 6.07) is 12.8. The number of hydrogen-bond donors (Lipinski definition) is 1. The monoisotopic (exact) mass is 377 g/mol. The second kappa shape index (κ2) is 9.69. The van der Waals surface area contributed by atoms with Gasteiger partial charge in [-0.2, -0.15) is 0 Å². The lowest BCUT2D eigenvalue weighted by Gasteiger charge is -2.35. The lowest BCUT2D eigenvalue weighted by molar-refractivity contribution is 0.249. The van der Waals surface area contributed by atoms with Crippen LogP contribution in [0.5, 0.6) is 0 Å². The number of anilines is 2. The summed E-state index contributed by atoms with van der Waals surface area (Å²) in [5, 5.41) is 3.48. The van der Waals surface area contributed by atoms with Crippen LogP contribution in [-0.4, -0.2) is 47.6 Å². The number of nitrogens with zero attached hydrogens (tertiary/aromatic N) is 4. The van der Waals surface area contributed by atoms with Crippen LogP contribution in [0.2, 0.25) is 0 Å². The van der Waals surface area contributed by atoms with Crippen molar-refractivity contribution in [2.24, 2.45) is 0 Å². The van der Waals surface area contributed by atoms with Gasteiger partial charge in [0.2, 0.25) is 0 Å². The van der Waals surface area contributed by atoms with Gasteiger partial charge in [-0.15, -0.1) is 0 Å². The quantitative estimate of drug-likeness (QED) is 0.736. The zero-order valence-electron chi connectivity index (χ0n) is 16.7. The van der Waals surface area contributed by atoms with Crippen molar-refractivity contribution in [1.82, 2.24) is 14.9 Å². The summed E-state index contributed by atoms with van der Waals surface area (Å²) in [5.41, 5.74) is 2.99. The molecule has 1 N–H and O–H groups in total. The third-order valence-corrected chi connectivity index (χ3v) is 5.74. The molecule has 1 saturated heterocycles. The minimum atomic E-state index is 0.938. The maximum Gasteiger partial charge on any atom is 0.134 e. The van der Waals surface area contributed by atoms with E-state index in [0.717, 1.165) is 57.3 Å². The number of benzene rings is 1. The van der Waals surface area contributed by atoms with Crippen LogP contribution in [0.4, 0.5) is 11.6 Å². The average Bonchev–Trinajstić information content (AvgIpc) is 2.76. The van der Waals surface area contributed by atoms with Crippen molar-refractivity contribution >= 4 is 11.6 Å². The molecule has 0 atom stereocenters. The zero-order valence-corrected chi connectivity index (χ0v) is 16.7. The van der Waals surface area contributed by atoms with Crippen LogP contribution in [0.15, 0.2) is 54.4 Å². The molecule has 0 spiro atoms. The Morgan fingerprint density at radius 2 is 1.82 bits per heavy atom. The molecule has 5 nitrogen and oxygen atoms in total. The van der Waals surface area contributed by atoms with Gasteiger partial charge in [0.05, 0.1) is 0 Å². The van der Waals surface area contributed by atoms with Crippen molar-refractivity contribution in [3.05, 3.63) is 59.9 Å². The van der Waals surface area contributed by atoms with E-state index in [0.29, 0.717) is 0 Å². The Morgan fingerprint density at radius 3 is 2.61 bits per heavy atom. The number of allylic oxidation sites excluding steroid dienone is 1. The van der Waals surface area contributed by atoms with E-state index in [2.05, 4.69) is 67.6 Å². The lowest BCUT2D eigenvalue weighted by atomic mass is 9.97. The summed E-state index contributed by atoms with van der Waals surface area (Å²) < 4.78 is 0. The van der Waals surface area contributed by atoms with Gasteiger partial charge < -0.3 is 10.2 Å². The summed E-state index contributed by atoms with van der Waals surface area (Å²) in [6.07, 6.45) is 10.5. The molecule has 1 aromatic heterocycles. The first-order valence-corrected chi connectivity index (χ1v) is 10.6. The van der Waals surface area contributed by atoms with Crippen LogP contribution >= 0.6 is 0 Å². The first-order valence-electron chi connectivity index (χ1n) is 10.6. The third kappa shape index (κ3) is 5.32. The van der Waals surface area contributed by atoms with Gasteiger partial charge in [-0.3, -0.25) is 4.90 Å². The van der Waals surface area contributed by atoms with Crippen LogP contribution in [0.25, 0.3) is 0 Å². The maximum atomic E-state index is 4.51. The Kier molecular flexibility index (Phi) is 6.56. The SMILES string of the molecule is C1=C(CCNc2cc(N3CCN(Cc4ccccc4)CC3)ncn2)CCCC1. The van der Waals surface area contributed by atoms with Crippen molar-refractivity contribution < 1.29 is 0 Å².